The van der Waals surface area contributed by atoms with Crippen molar-refractivity contribution < 1.29 is 13.2 Å². The topological polar surface area (TPSA) is 89.3 Å². The molecular formula is C16H18N2O3S. The normalized spacial score (nSPS) is 11.3. The first kappa shape index (κ1) is 16.2. The van der Waals surface area contributed by atoms with E-state index in [0.717, 1.165) is 11.1 Å². The van der Waals surface area contributed by atoms with Gasteiger partial charge in [0.05, 0.1) is 4.90 Å². The van der Waals surface area contributed by atoms with Crippen LogP contribution in [0.1, 0.15) is 27.0 Å². The maximum atomic E-state index is 12.2. The lowest BCUT2D eigenvalue weighted by Gasteiger charge is -2.10. The number of rotatable bonds is 3. The third kappa shape index (κ3) is 3.52. The van der Waals surface area contributed by atoms with E-state index in [4.69, 9.17) is 5.14 Å². The van der Waals surface area contributed by atoms with Crippen LogP contribution in [0.3, 0.4) is 0 Å². The van der Waals surface area contributed by atoms with E-state index in [-0.39, 0.29) is 10.8 Å². The summed E-state index contributed by atoms with van der Waals surface area (Å²) >= 11 is 0. The quantitative estimate of drug-likeness (QED) is 0.911. The van der Waals surface area contributed by atoms with Gasteiger partial charge in [-0.15, -0.1) is 0 Å². The van der Waals surface area contributed by atoms with Crippen LogP contribution in [0.5, 0.6) is 0 Å². The molecule has 0 saturated heterocycles. The van der Waals surface area contributed by atoms with E-state index >= 15 is 0 Å². The summed E-state index contributed by atoms with van der Waals surface area (Å²) in [6.07, 6.45) is 0. The zero-order valence-electron chi connectivity index (χ0n) is 12.7. The lowest BCUT2D eigenvalue weighted by atomic mass is 10.1. The Morgan fingerprint density at radius 3 is 2.18 bits per heavy atom. The van der Waals surface area contributed by atoms with Crippen LogP contribution < -0.4 is 10.5 Å². The minimum Gasteiger partial charge on any atom is -0.322 e. The van der Waals surface area contributed by atoms with Gasteiger partial charge in [-0.05, 0) is 61.7 Å². The summed E-state index contributed by atoms with van der Waals surface area (Å²) in [5.74, 6) is -0.299. The second-order valence-electron chi connectivity index (χ2n) is 5.28. The Hall–Kier alpha value is -2.18. The number of nitrogens with two attached hydrogens (primary N) is 1. The van der Waals surface area contributed by atoms with Gasteiger partial charge in [-0.25, -0.2) is 13.6 Å². The predicted octanol–water partition coefficient (Wildman–Crippen LogP) is 2.51. The minimum absolute atomic E-state index is 0.00499. The Bertz CT molecular complexity index is 842. The molecule has 0 aliphatic heterocycles. The third-order valence-corrected chi connectivity index (χ3v) is 4.57. The largest absolute Gasteiger partial charge is 0.322 e. The number of hydrogen-bond donors (Lipinski definition) is 2. The standard InChI is InChI=1S/C16H18N2O3S/c1-10-4-6-13(8-12(10)3)16(19)18-14-7-5-11(2)15(9-14)22(17,20)21/h4-9H,1-3H3,(H,18,19)(H2,17,20,21). The van der Waals surface area contributed by atoms with E-state index in [1.807, 2.05) is 19.9 Å². The van der Waals surface area contributed by atoms with Gasteiger partial charge in [0.1, 0.15) is 0 Å². The van der Waals surface area contributed by atoms with Gasteiger partial charge in [0.15, 0.2) is 0 Å². The fourth-order valence-electron chi connectivity index (χ4n) is 2.07. The molecule has 22 heavy (non-hydrogen) atoms. The Morgan fingerprint density at radius 2 is 1.59 bits per heavy atom. The molecule has 0 heterocycles. The van der Waals surface area contributed by atoms with Gasteiger partial charge in [-0.3, -0.25) is 4.79 Å². The van der Waals surface area contributed by atoms with Gasteiger partial charge in [-0.2, -0.15) is 0 Å². The number of carbonyl (C=O) groups is 1. The molecule has 0 unspecified atom stereocenters. The summed E-state index contributed by atoms with van der Waals surface area (Å²) < 4.78 is 23.0. The number of nitrogens with one attached hydrogen (secondary N) is 1. The van der Waals surface area contributed by atoms with Gasteiger partial charge >= 0.3 is 0 Å². The van der Waals surface area contributed by atoms with Crippen molar-refractivity contribution in [3.05, 3.63) is 58.7 Å². The van der Waals surface area contributed by atoms with Crippen LogP contribution in [0.2, 0.25) is 0 Å². The second kappa shape index (κ2) is 5.90. The van der Waals surface area contributed by atoms with Crippen LogP contribution in [0, 0.1) is 20.8 Å². The molecule has 116 valence electrons. The van der Waals surface area contributed by atoms with E-state index in [2.05, 4.69) is 5.32 Å². The Kier molecular flexibility index (Phi) is 4.35. The second-order valence-corrected chi connectivity index (χ2v) is 6.81. The summed E-state index contributed by atoms with van der Waals surface area (Å²) in [5, 5.41) is 7.85. The molecule has 1 amide bonds. The molecule has 0 aliphatic rings. The van der Waals surface area contributed by atoms with Gasteiger partial charge in [-0.1, -0.05) is 12.1 Å². The van der Waals surface area contributed by atoms with Crippen LogP contribution in [0.4, 0.5) is 5.69 Å². The van der Waals surface area contributed by atoms with E-state index in [1.165, 1.54) is 6.07 Å². The molecule has 0 atom stereocenters. The number of carbonyl (C=O) groups excluding carboxylic acids is 1. The lowest BCUT2D eigenvalue weighted by Crippen LogP contribution is -2.16. The first-order valence-corrected chi connectivity index (χ1v) is 8.25. The predicted molar refractivity (Wildman–Crippen MR) is 86.4 cm³/mol. The van der Waals surface area contributed by atoms with Crippen molar-refractivity contribution in [3.8, 4) is 0 Å². The lowest BCUT2D eigenvalue weighted by molar-refractivity contribution is 0.102. The molecule has 3 N–H and O–H groups in total. The first-order valence-electron chi connectivity index (χ1n) is 6.70. The van der Waals surface area contributed by atoms with Crippen LogP contribution >= 0.6 is 0 Å². The fourth-order valence-corrected chi connectivity index (χ4v) is 2.88. The van der Waals surface area contributed by atoms with Crippen molar-refractivity contribution in [2.75, 3.05) is 5.32 Å². The van der Waals surface area contributed by atoms with E-state index in [1.54, 1.807) is 31.2 Å². The summed E-state index contributed by atoms with van der Waals surface area (Å²) in [7, 11) is -3.82. The molecule has 0 bridgehead atoms. The maximum Gasteiger partial charge on any atom is 0.255 e. The molecule has 6 heteroatoms. The molecule has 2 aromatic carbocycles. The molecule has 0 saturated carbocycles. The van der Waals surface area contributed by atoms with E-state index in [9.17, 15) is 13.2 Å². The number of amides is 1. The number of hydrogen-bond acceptors (Lipinski definition) is 3. The molecule has 2 rings (SSSR count). The van der Waals surface area contributed by atoms with Crippen LogP contribution in [0.15, 0.2) is 41.3 Å². The van der Waals surface area contributed by atoms with Crippen molar-refractivity contribution >= 4 is 21.6 Å². The molecule has 0 radical (unpaired) electrons. The van der Waals surface area contributed by atoms with Crippen molar-refractivity contribution in [2.45, 2.75) is 25.7 Å². The highest BCUT2D eigenvalue weighted by Gasteiger charge is 2.14. The number of aryl methyl sites for hydroxylation is 3. The van der Waals surface area contributed by atoms with Crippen molar-refractivity contribution in [1.82, 2.24) is 0 Å². The van der Waals surface area contributed by atoms with Crippen LogP contribution in [0.25, 0.3) is 0 Å². The number of primary sulfonamides is 1. The first-order chi connectivity index (χ1) is 10.2. The summed E-state index contributed by atoms with van der Waals surface area (Å²) in [5.41, 5.74) is 3.55. The van der Waals surface area contributed by atoms with Gasteiger partial charge < -0.3 is 5.32 Å². The van der Waals surface area contributed by atoms with Crippen LogP contribution in [-0.2, 0) is 10.0 Å². The van der Waals surface area contributed by atoms with Gasteiger partial charge in [0, 0.05) is 11.3 Å². The highest BCUT2D eigenvalue weighted by atomic mass is 32.2. The molecule has 0 fully saturated rings. The molecule has 0 spiro atoms. The smallest absolute Gasteiger partial charge is 0.255 e. The molecular weight excluding hydrogens is 300 g/mol. The molecule has 0 aromatic heterocycles. The Morgan fingerprint density at radius 1 is 0.955 bits per heavy atom. The van der Waals surface area contributed by atoms with Crippen LogP contribution in [-0.4, -0.2) is 14.3 Å². The number of benzene rings is 2. The minimum atomic E-state index is -3.82. The SMILES string of the molecule is Cc1ccc(C(=O)Nc2ccc(C)c(S(N)(=O)=O)c2)cc1C. The highest BCUT2D eigenvalue weighted by molar-refractivity contribution is 7.89. The third-order valence-electron chi connectivity index (χ3n) is 3.52. The zero-order valence-corrected chi connectivity index (χ0v) is 13.5. The van der Waals surface area contributed by atoms with E-state index in [0.29, 0.717) is 16.8 Å². The average molecular weight is 318 g/mol. The average Bonchev–Trinajstić information content (AvgIpc) is 2.42. The Labute approximate surface area is 130 Å². The summed E-state index contributed by atoms with van der Waals surface area (Å²) in [4.78, 5) is 12.2. The Balaban J connectivity index is 2.31. The molecule has 5 nitrogen and oxygen atoms in total. The number of anilines is 1. The fraction of sp³-hybridized carbons (Fsp3) is 0.188. The van der Waals surface area contributed by atoms with E-state index < -0.39 is 10.0 Å². The summed E-state index contributed by atoms with van der Waals surface area (Å²) in [6, 6.07) is 10.0. The van der Waals surface area contributed by atoms with Crippen molar-refractivity contribution in [2.24, 2.45) is 5.14 Å². The monoisotopic (exact) mass is 318 g/mol. The number of sulfonamides is 1. The van der Waals surface area contributed by atoms with Crippen molar-refractivity contribution in [1.29, 1.82) is 0 Å². The highest BCUT2D eigenvalue weighted by Crippen LogP contribution is 2.20. The van der Waals surface area contributed by atoms with Gasteiger partial charge in [0.2, 0.25) is 10.0 Å². The van der Waals surface area contributed by atoms with Gasteiger partial charge in [0.25, 0.3) is 5.91 Å². The molecule has 2 aromatic rings. The summed E-state index contributed by atoms with van der Waals surface area (Å²) in [6.45, 7) is 5.54. The molecule has 0 aliphatic carbocycles. The maximum absolute atomic E-state index is 12.2. The van der Waals surface area contributed by atoms with Crippen molar-refractivity contribution in [3.63, 3.8) is 0 Å². The zero-order chi connectivity index (χ0) is 16.5.